The van der Waals surface area contributed by atoms with Gasteiger partial charge in [0.05, 0.1) is 24.5 Å². The molecule has 8 heteroatoms. The first-order valence-electron chi connectivity index (χ1n) is 11.8. The fourth-order valence-electron chi connectivity index (χ4n) is 6.05. The third-order valence-electron chi connectivity index (χ3n) is 8.02. The van der Waals surface area contributed by atoms with Gasteiger partial charge in [-0.2, -0.15) is 13.2 Å². The SMILES string of the molecule is Cc1ncc(-c2cn(C3CC4(CC(N5CCOCC5)C4)C3)c(C3CC3)n2)cc1C(F)(F)F. The smallest absolute Gasteiger partial charge is 0.379 e. The molecule has 0 amide bonds. The number of imidazole rings is 1. The molecule has 3 aliphatic carbocycles. The van der Waals surface area contributed by atoms with Gasteiger partial charge in [0.25, 0.3) is 0 Å². The molecule has 0 bridgehead atoms. The minimum Gasteiger partial charge on any atom is -0.379 e. The van der Waals surface area contributed by atoms with Crippen molar-refractivity contribution in [2.24, 2.45) is 5.41 Å². The molecular weight excluding hydrogens is 417 g/mol. The third-order valence-corrected chi connectivity index (χ3v) is 8.02. The van der Waals surface area contributed by atoms with E-state index in [0.29, 0.717) is 34.7 Å². The van der Waals surface area contributed by atoms with Crippen LogP contribution in [0.25, 0.3) is 11.3 Å². The van der Waals surface area contributed by atoms with Gasteiger partial charge in [0, 0.05) is 54.7 Å². The zero-order valence-electron chi connectivity index (χ0n) is 18.4. The number of hydrogen-bond acceptors (Lipinski definition) is 4. The van der Waals surface area contributed by atoms with Crippen LogP contribution in [0.4, 0.5) is 13.2 Å². The summed E-state index contributed by atoms with van der Waals surface area (Å²) in [5.41, 5.74) is 0.847. The second-order valence-corrected chi connectivity index (χ2v) is 10.3. The van der Waals surface area contributed by atoms with Crippen molar-refractivity contribution in [3.63, 3.8) is 0 Å². The highest BCUT2D eigenvalue weighted by atomic mass is 19.4. The van der Waals surface area contributed by atoms with Crippen molar-refractivity contribution in [1.29, 1.82) is 0 Å². The molecule has 0 atom stereocenters. The van der Waals surface area contributed by atoms with E-state index in [1.807, 2.05) is 6.20 Å². The van der Waals surface area contributed by atoms with Crippen molar-refractivity contribution in [2.75, 3.05) is 26.3 Å². The van der Waals surface area contributed by atoms with E-state index in [1.165, 1.54) is 32.0 Å². The van der Waals surface area contributed by atoms with Gasteiger partial charge in [-0.3, -0.25) is 9.88 Å². The van der Waals surface area contributed by atoms with E-state index >= 15 is 0 Å². The average molecular weight is 447 g/mol. The quantitative estimate of drug-likeness (QED) is 0.666. The number of alkyl halides is 3. The highest BCUT2D eigenvalue weighted by Gasteiger charge is 2.55. The van der Waals surface area contributed by atoms with E-state index < -0.39 is 11.7 Å². The van der Waals surface area contributed by atoms with Crippen LogP contribution in [0, 0.1) is 12.3 Å². The van der Waals surface area contributed by atoms with E-state index in [0.717, 1.165) is 57.8 Å². The molecule has 0 aromatic carbocycles. The van der Waals surface area contributed by atoms with Crippen molar-refractivity contribution in [1.82, 2.24) is 19.4 Å². The molecule has 5 nitrogen and oxygen atoms in total. The standard InChI is InChI=1S/C24H29F3N4O/c1-15-20(24(25,26)27)8-17(13-28-15)21-14-31(22(29-21)16-2-3-16)19-11-23(12-19)9-18(10-23)30-4-6-32-7-5-30/h8,13-14,16,18-19H,2-7,9-12H2,1H3. The Balaban J connectivity index is 1.19. The molecule has 4 aliphatic rings. The van der Waals surface area contributed by atoms with Crippen molar-refractivity contribution >= 4 is 0 Å². The predicted octanol–water partition coefficient (Wildman–Crippen LogP) is 4.97. The number of halogens is 3. The van der Waals surface area contributed by atoms with Crippen LogP contribution in [0.2, 0.25) is 0 Å². The maximum absolute atomic E-state index is 13.4. The summed E-state index contributed by atoms with van der Waals surface area (Å²) in [5.74, 6) is 1.50. The summed E-state index contributed by atoms with van der Waals surface area (Å²) in [6, 6.07) is 2.31. The fraction of sp³-hybridized carbons (Fsp3) is 0.667. The van der Waals surface area contributed by atoms with Crippen molar-refractivity contribution < 1.29 is 17.9 Å². The zero-order chi connectivity index (χ0) is 22.1. The first-order chi connectivity index (χ1) is 15.3. The topological polar surface area (TPSA) is 43.2 Å². The number of rotatable bonds is 4. The molecule has 0 radical (unpaired) electrons. The summed E-state index contributed by atoms with van der Waals surface area (Å²) < 4.78 is 47.9. The monoisotopic (exact) mass is 446 g/mol. The molecule has 3 heterocycles. The first-order valence-corrected chi connectivity index (χ1v) is 11.8. The summed E-state index contributed by atoms with van der Waals surface area (Å²) in [6.07, 6.45) is 6.18. The Hall–Kier alpha value is -1.93. The molecule has 6 rings (SSSR count). The van der Waals surface area contributed by atoms with E-state index in [4.69, 9.17) is 9.72 Å². The average Bonchev–Trinajstić information content (AvgIpc) is 3.46. The first kappa shape index (κ1) is 20.7. The van der Waals surface area contributed by atoms with E-state index in [2.05, 4.69) is 14.5 Å². The molecule has 2 aromatic rings. The number of pyridine rings is 1. The molecule has 1 aliphatic heterocycles. The Labute approximate surface area is 186 Å². The largest absolute Gasteiger partial charge is 0.418 e. The number of nitrogens with zero attached hydrogens (tertiary/aromatic N) is 4. The molecule has 172 valence electrons. The van der Waals surface area contributed by atoms with E-state index in [1.54, 1.807) is 0 Å². The van der Waals surface area contributed by atoms with Crippen molar-refractivity contribution in [3.05, 3.63) is 35.5 Å². The second kappa shape index (κ2) is 7.29. The van der Waals surface area contributed by atoms with Gasteiger partial charge in [-0.25, -0.2) is 4.98 Å². The summed E-state index contributed by atoms with van der Waals surface area (Å²) in [7, 11) is 0. The van der Waals surface area contributed by atoms with Gasteiger partial charge < -0.3 is 9.30 Å². The molecule has 32 heavy (non-hydrogen) atoms. The van der Waals surface area contributed by atoms with Gasteiger partial charge in [-0.15, -0.1) is 0 Å². The Morgan fingerprint density at radius 3 is 2.41 bits per heavy atom. The van der Waals surface area contributed by atoms with Crippen LogP contribution in [-0.4, -0.2) is 51.8 Å². The number of ether oxygens (including phenoxy) is 1. The number of aryl methyl sites for hydroxylation is 1. The van der Waals surface area contributed by atoms with Crippen LogP contribution < -0.4 is 0 Å². The third kappa shape index (κ3) is 3.55. The fourth-order valence-corrected chi connectivity index (χ4v) is 6.05. The van der Waals surface area contributed by atoms with Gasteiger partial charge in [-0.1, -0.05) is 0 Å². The lowest BCUT2D eigenvalue weighted by atomic mass is 9.51. The lowest BCUT2D eigenvalue weighted by Crippen LogP contribution is -2.58. The number of hydrogen-bond donors (Lipinski definition) is 0. The highest BCUT2D eigenvalue weighted by molar-refractivity contribution is 5.59. The summed E-state index contributed by atoms with van der Waals surface area (Å²) in [4.78, 5) is 11.4. The van der Waals surface area contributed by atoms with Gasteiger partial charge in [0.15, 0.2) is 0 Å². The van der Waals surface area contributed by atoms with Crippen molar-refractivity contribution in [3.8, 4) is 11.3 Å². The lowest BCUT2D eigenvalue weighted by Gasteiger charge is -2.60. The van der Waals surface area contributed by atoms with Crippen LogP contribution >= 0.6 is 0 Å². The van der Waals surface area contributed by atoms with E-state index in [-0.39, 0.29) is 5.69 Å². The highest BCUT2D eigenvalue weighted by Crippen LogP contribution is 2.62. The minimum atomic E-state index is -4.41. The molecule has 1 saturated heterocycles. The van der Waals surface area contributed by atoms with Crippen LogP contribution in [0.15, 0.2) is 18.5 Å². The Kier molecular flexibility index (Phi) is 4.70. The Morgan fingerprint density at radius 1 is 1.06 bits per heavy atom. The molecule has 0 unspecified atom stereocenters. The lowest BCUT2D eigenvalue weighted by molar-refractivity contribution is -0.138. The molecular formula is C24H29F3N4O. The van der Waals surface area contributed by atoms with Gasteiger partial charge in [0.1, 0.15) is 5.82 Å². The summed E-state index contributed by atoms with van der Waals surface area (Å²) >= 11 is 0. The van der Waals surface area contributed by atoms with Crippen molar-refractivity contribution in [2.45, 2.75) is 69.6 Å². The van der Waals surface area contributed by atoms with Crippen LogP contribution in [0.5, 0.6) is 0 Å². The Morgan fingerprint density at radius 2 is 1.75 bits per heavy atom. The minimum absolute atomic E-state index is 0.00355. The Bertz CT molecular complexity index is 1010. The van der Waals surface area contributed by atoms with Gasteiger partial charge in [-0.05, 0) is 56.9 Å². The second-order valence-electron chi connectivity index (χ2n) is 10.3. The number of aromatic nitrogens is 3. The number of morpholine rings is 1. The predicted molar refractivity (Wildman–Crippen MR) is 113 cm³/mol. The van der Waals surface area contributed by atoms with Crippen LogP contribution in [-0.2, 0) is 10.9 Å². The maximum Gasteiger partial charge on any atom is 0.418 e. The summed E-state index contributed by atoms with van der Waals surface area (Å²) in [6.45, 7) is 5.19. The normalized spacial score (nSPS) is 30.9. The molecule has 3 saturated carbocycles. The maximum atomic E-state index is 13.4. The molecule has 4 fully saturated rings. The van der Waals surface area contributed by atoms with Gasteiger partial charge >= 0.3 is 6.18 Å². The molecule has 0 N–H and O–H groups in total. The zero-order valence-corrected chi connectivity index (χ0v) is 18.4. The van der Waals surface area contributed by atoms with Gasteiger partial charge in [0.2, 0.25) is 0 Å². The van der Waals surface area contributed by atoms with Crippen LogP contribution in [0.3, 0.4) is 0 Å². The van der Waals surface area contributed by atoms with E-state index in [9.17, 15) is 13.2 Å². The molecule has 2 aromatic heterocycles. The molecule has 1 spiro atoms. The summed E-state index contributed by atoms with van der Waals surface area (Å²) in [5, 5.41) is 0. The van der Waals surface area contributed by atoms with Crippen LogP contribution in [0.1, 0.15) is 67.6 Å².